The average molecular weight is 221 g/mol. The van der Waals surface area contributed by atoms with Crippen molar-refractivity contribution in [1.29, 1.82) is 0 Å². The van der Waals surface area contributed by atoms with Gasteiger partial charge in [-0.25, -0.2) is 0 Å². The van der Waals surface area contributed by atoms with E-state index in [4.69, 9.17) is 11.5 Å². The highest BCUT2D eigenvalue weighted by molar-refractivity contribution is 5.94. The van der Waals surface area contributed by atoms with Crippen LogP contribution < -0.4 is 16.8 Å². The van der Waals surface area contributed by atoms with Gasteiger partial charge in [0.15, 0.2) is 0 Å². The Morgan fingerprint density at radius 3 is 2.31 bits per heavy atom. The second-order valence-electron chi connectivity index (χ2n) is 3.62. The molecular formula is C11H15N3O2. The van der Waals surface area contributed by atoms with E-state index >= 15 is 0 Å². The van der Waals surface area contributed by atoms with Gasteiger partial charge in [-0.2, -0.15) is 0 Å². The maximum Gasteiger partial charge on any atom is 0.240 e. The third-order valence-corrected chi connectivity index (χ3v) is 2.01. The van der Waals surface area contributed by atoms with E-state index in [9.17, 15) is 9.59 Å². The van der Waals surface area contributed by atoms with Crippen LogP contribution in [0.4, 0.5) is 5.69 Å². The lowest BCUT2D eigenvalue weighted by Gasteiger charge is -2.08. The number of anilines is 1. The zero-order valence-electron chi connectivity index (χ0n) is 9.07. The van der Waals surface area contributed by atoms with Crippen molar-refractivity contribution in [2.45, 2.75) is 19.4 Å². The smallest absolute Gasteiger partial charge is 0.240 e. The highest BCUT2D eigenvalue weighted by atomic mass is 16.2. The molecular weight excluding hydrogens is 206 g/mol. The SMILES string of the molecule is C[C@H](N)C(=O)Nc1ccc(CC(N)=O)cc1. The van der Waals surface area contributed by atoms with Gasteiger partial charge in [0.2, 0.25) is 11.8 Å². The Morgan fingerprint density at radius 2 is 1.88 bits per heavy atom. The fourth-order valence-corrected chi connectivity index (χ4v) is 1.16. The van der Waals surface area contributed by atoms with Gasteiger partial charge >= 0.3 is 0 Å². The summed E-state index contributed by atoms with van der Waals surface area (Å²) in [5.41, 5.74) is 11.9. The predicted octanol–water partition coefficient (Wildman–Crippen LogP) is 0.0001000. The molecule has 1 aromatic carbocycles. The van der Waals surface area contributed by atoms with Crippen LogP contribution in [0.15, 0.2) is 24.3 Å². The molecule has 0 bridgehead atoms. The summed E-state index contributed by atoms with van der Waals surface area (Å²) in [5, 5.41) is 2.64. The van der Waals surface area contributed by atoms with Crippen molar-refractivity contribution >= 4 is 17.5 Å². The van der Waals surface area contributed by atoms with Crippen molar-refractivity contribution in [2.24, 2.45) is 11.5 Å². The molecule has 1 atom stereocenters. The highest BCUT2D eigenvalue weighted by Gasteiger charge is 2.07. The van der Waals surface area contributed by atoms with Gasteiger partial charge in [-0.1, -0.05) is 12.1 Å². The van der Waals surface area contributed by atoms with E-state index in [2.05, 4.69) is 5.32 Å². The molecule has 0 aliphatic carbocycles. The van der Waals surface area contributed by atoms with Gasteiger partial charge in [0.1, 0.15) is 0 Å². The minimum Gasteiger partial charge on any atom is -0.369 e. The molecule has 0 aliphatic heterocycles. The Kier molecular flexibility index (Phi) is 4.02. The lowest BCUT2D eigenvalue weighted by Crippen LogP contribution is -2.32. The molecule has 0 spiro atoms. The average Bonchev–Trinajstić information content (AvgIpc) is 2.20. The number of nitrogens with two attached hydrogens (primary N) is 2. The summed E-state index contributed by atoms with van der Waals surface area (Å²) in [7, 11) is 0. The molecule has 0 aromatic heterocycles. The first-order valence-corrected chi connectivity index (χ1v) is 4.92. The Morgan fingerprint density at radius 1 is 1.31 bits per heavy atom. The first-order valence-electron chi connectivity index (χ1n) is 4.92. The van der Waals surface area contributed by atoms with E-state index in [-0.39, 0.29) is 18.2 Å². The number of carbonyl (C=O) groups is 2. The Labute approximate surface area is 93.8 Å². The van der Waals surface area contributed by atoms with Crippen molar-refractivity contribution in [3.05, 3.63) is 29.8 Å². The quantitative estimate of drug-likeness (QED) is 0.667. The van der Waals surface area contributed by atoms with Crippen LogP contribution in [-0.4, -0.2) is 17.9 Å². The summed E-state index contributed by atoms with van der Waals surface area (Å²) < 4.78 is 0. The van der Waals surface area contributed by atoms with Gasteiger partial charge in [-0.15, -0.1) is 0 Å². The third-order valence-electron chi connectivity index (χ3n) is 2.01. The maximum absolute atomic E-state index is 11.3. The van der Waals surface area contributed by atoms with Crippen LogP contribution in [0.5, 0.6) is 0 Å². The van der Waals surface area contributed by atoms with Gasteiger partial charge in [0, 0.05) is 5.69 Å². The topological polar surface area (TPSA) is 98.2 Å². The molecule has 0 saturated heterocycles. The summed E-state index contributed by atoms with van der Waals surface area (Å²) in [5.74, 6) is -0.630. The van der Waals surface area contributed by atoms with Gasteiger partial charge in [-0.3, -0.25) is 9.59 Å². The first-order chi connectivity index (χ1) is 7.49. The van der Waals surface area contributed by atoms with Crippen LogP contribution in [0.25, 0.3) is 0 Å². The molecule has 0 heterocycles. The van der Waals surface area contributed by atoms with E-state index < -0.39 is 6.04 Å². The van der Waals surface area contributed by atoms with Gasteiger partial charge in [0.05, 0.1) is 12.5 Å². The van der Waals surface area contributed by atoms with E-state index in [1.807, 2.05) is 0 Å². The predicted molar refractivity (Wildman–Crippen MR) is 61.6 cm³/mol. The van der Waals surface area contributed by atoms with Crippen LogP contribution in [0.1, 0.15) is 12.5 Å². The number of nitrogens with one attached hydrogen (secondary N) is 1. The van der Waals surface area contributed by atoms with Crippen molar-refractivity contribution in [2.75, 3.05) is 5.32 Å². The summed E-state index contributed by atoms with van der Waals surface area (Å²) in [4.78, 5) is 21.9. The molecule has 0 radical (unpaired) electrons. The molecule has 2 amide bonds. The van der Waals surface area contributed by atoms with Crippen LogP contribution in [-0.2, 0) is 16.0 Å². The Hall–Kier alpha value is -1.88. The van der Waals surface area contributed by atoms with Crippen LogP contribution in [0.2, 0.25) is 0 Å². The standard InChI is InChI=1S/C11H15N3O2/c1-7(12)11(16)14-9-4-2-8(3-5-9)6-10(13)15/h2-5,7H,6,12H2,1H3,(H2,13,15)(H,14,16)/t7-/m0/s1. The Balaban J connectivity index is 2.64. The molecule has 86 valence electrons. The maximum atomic E-state index is 11.3. The second-order valence-corrected chi connectivity index (χ2v) is 3.62. The summed E-state index contributed by atoms with van der Waals surface area (Å²) >= 11 is 0. The number of hydrogen-bond donors (Lipinski definition) is 3. The number of amides is 2. The molecule has 1 rings (SSSR count). The second kappa shape index (κ2) is 5.27. The minimum atomic E-state index is -0.551. The fraction of sp³-hybridized carbons (Fsp3) is 0.273. The Bertz CT molecular complexity index is 385. The largest absolute Gasteiger partial charge is 0.369 e. The summed E-state index contributed by atoms with van der Waals surface area (Å²) in [6, 6.07) is 6.34. The highest BCUT2D eigenvalue weighted by Crippen LogP contribution is 2.10. The van der Waals surface area contributed by atoms with Crippen molar-refractivity contribution in [1.82, 2.24) is 0 Å². The van der Waals surface area contributed by atoms with Crippen LogP contribution >= 0.6 is 0 Å². The van der Waals surface area contributed by atoms with E-state index in [0.717, 1.165) is 5.56 Å². The molecule has 5 heteroatoms. The number of carbonyl (C=O) groups excluding carboxylic acids is 2. The number of primary amides is 1. The van der Waals surface area contributed by atoms with E-state index in [1.165, 1.54) is 0 Å². The van der Waals surface area contributed by atoms with Crippen molar-refractivity contribution in [3.63, 3.8) is 0 Å². The van der Waals surface area contributed by atoms with Crippen LogP contribution in [0, 0.1) is 0 Å². The normalized spacial score (nSPS) is 11.9. The van der Waals surface area contributed by atoms with Gasteiger partial charge < -0.3 is 16.8 Å². The molecule has 5 N–H and O–H groups in total. The monoisotopic (exact) mass is 221 g/mol. The molecule has 16 heavy (non-hydrogen) atoms. The minimum absolute atomic E-state index is 0.196. The lowest BCUT2D eigenvalue weighted by atomic mass is 10.1. The summed E-state index contributed by atoms with van der Waals surface area (Å²) in [6.07, 6.45) is 0.196. The molecule has 0 aliphatic rings. The molecule has 0 fully saturated rings. The number of rotatable bonds is 4. The lowest BCUT2D eigenvalue weighted by molar-refractivity contribution is -0.118. The summed E-state index contributed by atoms with van der Waals surface area (Å²) in [6.45, 7) is 1.61. The molecule has 1 aromatic rings. The van der Waals surface area contributed by atoms with E-state index in [0.29, 0.717) is 5.69 Å². The number of hydrogen-bond acceptors (Lipinski definition) is 3. The van der Waals surface area contributed by atoms with E-state index in [1.54, 1.807) is 31.2 Å². The number of benzene rings is 1. The first kappa shape index (κ1) is 12.2. The fourth-order valence-electron chi connectivity index (χ4n) is 1.16. The van der Waals surface area contributed by atoms with Crippen LogP contribution in [0.3, 0.4) is 0 Å². The van der Waals surface area contributed by atoms with Crippen molar-refractivity contribution in [3.8, 4) is 0 Å². The molecule has 0 saturated carbocycles. The molecule has 0 unspecified atom stereocenters. The van der Waals surface area contributed by atoms with Crippen molar-refractivity contribution < 1.29 is 9.59 Å². The third kappa shape index (κ3) is 3.70. The van der Waals surface area contributed by atoms with Gasteiger partial charge in [0.25, 0.3) is 0 Å². The van der Waals surface area contributed by atoms with Gasteiger partial charge in [-0.05, 0) is 24.6 Å². The zero-order valence-corrected chi connectivity index (χ0v) is 9.07. The molecule has 5 nitrogen and oxygen atoms in total. The zero-order chi connectivity index (χ0) is 12.1.